The van der Waals surface area contributed by atoms with E-state index in [0.717, 1.165) is 24.6 Å². The standard InChI is InChI=1S/C15H24N6/c1-4-16-12(3)13-7-5-6-8-20(13)14-9-11(2)19-15-17-10-18-21(14)15/h9-10,12-13,16H,4-8H2,1-3H3. The van der Waals surface area contributed by atoms with Gasteiger partial charge in [0.2, 0.25) is 0 Å². The number of anilines is 1. The van der Waals surface area contributed by atoms with Gasteiger partial charge in [0.15, 0.2) is 0 Å². The van der Waals surface area contributed by atoms with Gasteiger partial charge in [-0.25, -0.2) is 4.98 Å². The van der Waals surface area contributed by atoms with Crippen LogP contribution in [-0.4, -0.2) is 44.8 Å². The predicted molar refractivity (Wildman–Crippen MR) is 83.6 cm³/mol. The fraction of sp³-hybridized carbons (Fsp3) is 0.667. The van der Waals surface area contributed by atoms with Crippen molar-refractivity contribution >= 4 is 11.6 Å². The van der Waals surface area contributed by atoms with E-state index in [-0.39, 0.29) is 0 Å². The number of hydrogen-bond donors (Lipinski definition) is 1. The van der Waals surface area contributed by atoms with Crippen molar-refractivity contribution in [2.24, 2.45) is 0 Å². The van der Waals surface area contributed by atoms with E-state index < -0.39 is 0 Å². The van der Waals surface area contributed by atoms with Gasteiger partial charge in [0.1, 0.15) is 12.1 Å². The number of nitrogens with zero attached hydrogens (tertiary/aromatic N) is 5. The second-order valence-corrected chi connectivity index (χ2v) is 5.83. The maximum atomic E-state index is 4.44. The first-order valence-electron chi connectivity index (χ1n) is 7.88. The molecular formula is C15H24N6. The zero-order chi connectivity index (χ0) is 14.8. The Morgan fingerprint density at radius 2 is 2.29 bits per heavy atom. The third-order valence-electron chi connectivity index (χ3n) is 4.31. The lowest BCUT2D eigenvalue weighted by molar-refractivity contribution is 0.368. The first-order chi connectivity index (χ1) is 10.2. The van der Waals surface area contributed by atoms with Crippen LogP contribution in [0, 0.1) is 6.92 Å². The average molecular weight is 288 g/mol. The second-order valence-electron chi connectivity index (χ2n) is 5.83. The highest BCUT2D eigenvalue weighted by molar-refractivity contribution is 5.48. The molecule has 3 rings (SSSR count). The molecule has 0 radical (unpaired) electrons. The van der Waals surface area contributed by atoms with Crippen LogP contribution in [-0.2, 0) is 0 Å². The third-order valence-corrected chi connectivity index (χ3v) is 4.31. The molecule has 0 amide bonds. The molecule has 1 aliphatic rings. The van der Waals surface area contributed by atoms with Crippen molar-refractivity contribution in [2.75, 3.05) is 18.0 Å². The summed E-state index contributed by atoms with van der Waals surface area (Å²) in [7, 11) is 0. The largest absolute Gasteiger partial charge is 0.352 e. The fourth-order valence-corrected chi connectivity index (χ4v) is 3.34. The summed E-state index contributed by atoms with van der Waals surface area (Å²) in [6, 6.07) is 3.08. The molecule has 2 aromatic rings. The first kappa shape index (κ1) is 14.3. The molecule has 1 saturated heterocycles. The summed E-state index contributed by atoms with van der Waals surface area (Å²) in [4.78, 5) is 11.2. The number of rotatable bonds is 4. The van der Waals surface area contributed by atoms with Crippen LogP contribution in [0.25, 0.3) is 5.78 Å². The summed E-state index contributed by atoms with van der Waals surface area (Å²) in [6.45, 7) is 8.53. The van der Waals surface area contributed by atoms with Crippen molar-refractivity contribution in [2.45, 2.75) is 52.1 Å². The topological polar surface area (TPSA) is 58.3 Å². The van der Waals surface area contributed by atoms with Gasteiger partial charge in [-0.05, 0) is 39.7 Å². The van der Waals surface area contributed by atoms with Gasteiger partial charge in [-0.3, -0.25) is 0 Å². The SMILES string of the molecule is CCNC(C)C1CCCCN1c1cc(C)nc2ncnn12. The molecular weight excluding hydrogens is 264 g/mol. The van der Waals surface area contributed by atoms with E-state index in [2.05, 4.69) is 45.2 Å². The van der Waals surface area contributed by atoms with Crippen LogP contribution in [0.1, 0.15) is 38.8 Å². The average Bonchev–Trinajstić information content (AvgIpc) is 2.94. The van der Waals surface area contributed by atoms with E-state index in [1.807, 2.05) is 11.4 Å². The Hall–Kier alpha value is -1.69. The van der Waals surface area contributed by atoms with E-state index >= 15 is 0 Å². The van der Waals surface area contributed by atoms with Crippen molar-refractivity contribution in [3.63, 3.8) is 0 Å². The normalized spacial score (nSPS) is 20.9. The van der Waals surface area contributed by atoms with Crippen molar-refractivity contribution in [3.8, 4) is 0 Å². The fourth-order valence-electron chi connectivity index (χ4n) is 3.34. The number of likely N-dealkylation sites (N-methyl/N-ethyl adjacent to an activating group) is 1. The number of nitrogens with one attached hydrogen (secondary N) is 1. The van der Waals surface area contributed by atoms with Crippen LogP contribution >= 0.6 is 0 Å². The molecule has 2 unspecified atom stereocenters. The Bertz CT molecular complexity index is 607. The summed E-state index contributed by atoms with van der Waals surface area (Å²) in [6.07, 6.45) is 5.32. The molecule has 6 heteroatoms. The van der Waals surface area contributed by atoms with Gasteiger partial charge < -0.3 is 10.2 Å². The Morgan fingerprint density at radius 1 is 1.43 bits per heavy atom. The molecule has 2 aromatic heterocycles. The lowest BCUT2D eigenvalue weighted by atomic mass is 9.96. The molecule has 114 valence electrons. The monoisotopic (exact) mass is 288 g/mol. The van der Waals surface area contributed by atoms with Crippen LogP contribution < -0.4 is 10.2 Å². The molecule has 0 spiro atoms. The van der Waals surface area contributed by atoms with Crippen LogP contribution in [0.4, 0.5) is 5.82 Å². The molecule has 0 saturated carbocycles. The molecule has 0 bridgehead atoms. The summed E-state index contributed by atoms with van der Waals surface area (Å²) in [5, 5.41) is 7.92. The molecule has 3 heterocycles. The maximum Gasteiger partial charge on any atom is 0.254 e. The molecule has 1 aliphatic heterocycles. The van der Waals surface area contributed by atoms with Gasteiger partial charge in [-0.1, -0.05) is 6.92 Å². The minimum atomic E-state index is 0.461. The van der Waals surface area contributed by atoms with Crippen LogP contribution in [0.3, 0.4) is 0 Å². The summed E-state index contributed by atoms with van der Waals surface area (Å²) >= 11 is 0. The highest BCUT2D eigenvalue weighted by Crippen LogP contribution is 2.27. The molecule has 1 fully saturated rings. The first-order valence-corrected chi connectivity index (χ1v) is 7.88. The number of aryl methyl sites for hydroxylation is 1. The van der Waals surface area contributed by atoms with E-state index in [4.69, 9.17) is 0 Å². The Balaban J connectivity index is 1.99. The van der Waals surface area contributed by atoms with E-state index in [1.165, 1.54) is 19.3 Å². The molecule has 1 N–H and O–H groups in total. The minimum Gasteiger partial charge on any atom is -0.352 e. The Morgan fingerprint density at radius 3 is 3.10 bits per heavy atom. The van der Waals surface area contributed by atoms with Gasteiger partial charge in [0.05, 0.1) is 0 Å². The van der Waals surface area contributed by atoms with Crippen molar-refractivity contribution in [1.29, 1.82) is 0 Å². The predicted octanol–water partition coefficient (Wildman–Crippen LogP) is 1.79. The third kappa shape index (κ3) is 2.72. The molecule has 0 aromatic carbocycles. The van der Waals surface area contributed by atoms with Crippen LogP contribution in [0.15, 0.2) is 12.4 Å². The Kier molecular flexibility index (Phi) is 4.05. The highest BCUT2D eigenvalue weighted by atomic mass is 15.4. The van der Waals surface area contributed by atoms with E-state index in [9.17, 15) is 0 Å². The highest BCUT2D eigenvalue weighted by Gasteiger charge is 2.29. The molecule has 6 nitrogen and oxygen atoms in total. The summed E-state index contributed by atoms with van der Waals surface area (Å²) in [5.74, 6) is 1.80. The Labute approximate surface area is 125 Å². The maximum absolute atomic E-state index is 4.44. The van der Waals surface area contributed by atoms with Crippen molar-refractivity contribution in [1.82, 2.24) is 24.9 Å². The van der Waals surface area contributed by atoms with Gasteiger partial charge in [0.25, 0.3) is 5.78 Å². The van der Waals surface area contributed by atoms with E-state index in [1.54, 1.807) is 6.33 Å². The zero-order valence-corrected chi connectivity index (χ0v) is 13.1. The minimum absolute atomic E-state index is 0.461. The number of piperidine rings is 1. The lowest BCUT2D eigenvalue weighted by Crippen LogP contribution is -2.51. The molecule has 2 atom stereocenters. The van der Waals surface area contributed by atoms with E-state index in [0.29, 0.717) is 17.9 Å². The summed E-state index contributed by atoms with van der Waals surface area (Å²) in [5.41, 5.74) is 0.992. The molecule has 21 heavy (non-hydrogen) atoms. The number of aromatic nitrogens is 4. The number of hydrogen-bond acceptors (Lipinski definition) is 5. The van der Waals surface area contributed by atoms with Crippen LogP contribution in [0.2, 0.25) is 0 Å². The van der Waals surface area contributed by atoms with Crippen molar-refractivity contribution in [3.05, 3.63) is 18.1 Å². The number of fused-ring (bicyclic) bond motifs is 1. The van der Waals surface area contributed by atoms with Gasteiger partial charge in [0, 0.05) is 30.4 Å². The van der Waals surface area contributed by atoms with Crippen molar-refractivity contribution < 1.29 is 0 Å². The molecule has 0 aliphatic carbocycles. The van der Waals surface area contributed by atoms with Gasteiger partial charge in [-0.2, -0.15) is 14.6 Å². The second kappa shape index (κ2) is 5.97. The zero-order valence-electron chi connectivity index (χ0n) is 13.1. The summed E-state index contributed by atoms with van der Waals surface area (Å²) < 4.78 is 1.87. The van der Waals surface area contributed by atoms with Gasteiger partial charge in [-0.15, -0.1) is 0 Å². The quantitative estimate of drug-likeness (QED) is 0.929. The van der Waals surface area contributed by atoms with Crippen LogP contribution in [0.5, 0.6) is 0 Å². The van der Waals surface area contributed by atoms with Gasteiger partial charge >= 0.3 is 0 Å². The smallest absolute Gasteiger partial charge is 0.254 e. The lowest BCUT2D eigenvalue weighted by Gasteiger charge is -2.40.